The van der Waals surface area contributed by atoms with E-state index in [2.05, 4.69) is 15.3 Å². The van der Waals surface area contributed by atoms with Crippen molar-refractivity contribution in [3.05, 3.63) is 59.7 Å². The fourth-order valence-corrected chi connectivity index (χ4v) is 2.82. The molecule has 0 saturated carbocycles. The van der Waals surface area contributed by atoms with Crippen LogP contribution in [0.4, 0.5) is 0 Å². The van der Waals surface area contributed by atoms with Crippen LogP contribution in [0.3, 0.4) is 0 Å². The molecule has 0 aliphatic carbocycles. The number of fused-ring (bicyclic) bond motifs is 1. The molecule has 0 radical (unpaired) electrons. The Morgan fingerprint density at radius 1 is 1.20 bits per heavy atom. The van der Waals surface area contributed by atoms with E-state index in [1.54, 1.807) is 25.4 Å². The predicted molar refractivity (Wildman–Crippen MR) is 95.3 cm³/mol. The Morgan fingerprint density at radius 3 is 2.68 bits per heavy atom. The molecule has 0 bridgehead atoms. The van der Waals surface area contributed by atoms with Gasteiger partial charge < -0.3 is 9.88 Å². The maximum Gasteiger partial charge on any atom is 0.243 e. The second-order valence-electron chi connectivity index (χ2n) is 6.03. The van der Waals surface area contributed by atoms with Crippen molar-refractivity contribution in [2.45, 2.75) is 33.4 Å². The largest absolute Gasteiger partial charge is 0.349 e. The number of ketones is 1. The van der Waals surface area contributed by atoms with Gasteiger partial charge >= 0.3 is 0 Å². The number of hydrogen-bond acceptors (Lipinski definition) is 4. The molecule has 6 heteroatoms. The SMILES string of the molecule is CC(=O)c1ccc(CNC(=O)[C@@H](C)n2cnc3ccccc32)nc1C. The van der Waals surface area contributed by atoms with E-state index in [1.807, 2.05) is 35.8 Å². The molecular formula is C19H20N4O2. The van der Waals surface area contributed by atoms with Crippen molar-refractivity contribution < 1.29 is 9.59 Å². The van der Waals surface area contributed by atoms with Crippen molar-refractivity contribution >= 4 is 22.7 Å². The minimum absolute atomic E-state index is 0.0128. The lowest BCUT2D eigenvalue weighted by Crippen LogP contribution is -2.30. The number of aromatic nitrogens is 3. The van der Waals surface area contributed by atoms with Crippen molar-refractivity contribution in [2.75, 3.05) is 0 Å². The molecule has 128 valence electrons. The number of carbonyl (C=O) groups excluding carboxylic acids is 2. The number of hydrogen-bond donors (Lipinski definition) is 1. The lowest BCUT2D eigenvalue weighted by molar-refractivity contribution is -0.124. The summed E-state index contributed by atoms with van der Waals surface area (Å²) in [4.78, 5) is 32.6. The minimum Gasteiger partial charge on any atom is -0.349 e. The van der Waals surface area contributed by atoms with Crippen LogP contribution >= 0.6 is 0 Å². The van der Waals surface area contributed by atoms with Crippen LogP contribution in [-0.2, 0) is 11.3 Å². The maximum absolute atomic E-state index is 12.5. The molecule has 1 aromatic carbocycles. The van der Waals surface area contributed by atoms with Crippen LogP contribution in [0, 0.1) is 6.92 Å². The number of rotatable bonds is 5. The van der Waals surface area contributed by atoms with Crippen LogP contribution < -0.4 is 5.32 Å². The Balaban J connectivity index is 1.70. The standard InChI is InChI=1S/C19H20N4O2/c1-12-16(14(3)24)9-8-15(22-12)10-20-19(25)13(2)23-11-21-17-6-4-5-7-18(17)23/h4-9,11,13H,10H2,1-3H3,(H,20,25)/t13-/m1/s1. The molecule has 2 heterocycles. The molecule has 6 nitrogen and oxygen atoms in total. The van der Waals surface area contributed by atoms with Gasteiger partial charge in [-0.15, -0.1) is 0 Å². The zero-order valence-corrected chi connectivity index (χ0v) is 14.5. The van der Waals surface area contributed by atoms with Gasteiger partial charge in [0.15, 0.2) is 5.78 Å². The summed E-state index contributed by atoms with van der Waals surface area (Å²) in [5.74, 6) is -0.126. The number of nitrogens with one attached hydrogen (secondary N) is 1. The smallest absolute Gasteiger partial charge is 0.243 e. The molecule has 0 aliphatic rings. The van der Waals surface area contributed by atoms with Gasteiger partial charge in [0.1, 0.15) is 6.04 Å². The van der Waals surface area contributed by atoms with Crippen molar-refractivity contribution in [3.8, 4) is 0 Å². The van der Waals surface area contributed by atoms with E-state index in [4.69, 9.17) is 0 Å². The molecule has 0 saturated heterocycles. The zero-order chi connectivity index (χ0) is 18.0. The van der Waals surface area contributed by atoms with Gasteiger partial charge in [0.05, 0.1) is 29.6 Å². The van der Waals surface area contributed by atoms with Gasteiger partial charge in [-0.3, -0.25) is 14.6 Å². The monoisotopic (exact) mass is 336 g/mol. The molecule has 2 aromatic heterocycles. The number of imidazole rings is 1. The van der Waals surface area contributed by atoms with Gasteiger partial charge in [0.2, 0.25) is 5.91 Å². The van der Waals surface area contributed by atoms with E-state index >= 15 is 0 Å². The topological polar surface area (TPSA) is 76.9 Å². The van der Waals surface area contributed by atoms with E-state index < -0.39 is 0 Å². The van der Waals surface area contributed by atoms with Crippen molar-refractivity contribution in [1.29, 1.82) is 0 Å². The minimum atomic E-state index is -0.384. The van der Waals surface area contributed by atoms with Crippen LogP contribution in [0.25, 0.3) is 11.0 Å². The summed E-state index contributed by atoms with van der Waals surface area (Å²) < 4.78 is 1.85. The Hall–Kier alpha value is -3.02. The summed E-state index contributed by atoms with van der Waals surface area (Å²) in [7, 11) is 0. The number of benzene rings is 1. The Bertz CT molecular complexity index is 946. The number of nitrogens with zero attached hydrogens (tertiary/aromatic N) is 3. The summed E-state index contributed by atoms with van der Waals surface area (Å²) in [6.45, 7) is 5.46. The summed E-state index contributed by atoms with van der Waals surface area (Å²) in [5, 5.41) is 2.89. The highest BCUT2D eigenvalue weighted by molar-refractivity contribution is 5.95. The highest BCUT2D eigenvalue weighted by atomic mass is 16.2. The van der Waals surface area contributed by atoms with E-state index in [-0.39, 0.29) is 17.7 Å². The first kappa shape index (κ1) is 16.8. The summed E-state index contributed by atoms with van der Waals surface area (Å²) in [6.07, 6.45) is 1.68. The molecule has 1 amide bonds. The average molecular weight is 336 g/mol. The third kappa shape index (κ3) is 3.42. The van der Waals surface area contributed by atoms with Crippen molar-refractivity contribution in [1.82, 2.24) is 19.9 Å². The normalized spacial score (nSPS) is 12.1. The molecular weight excluding hydrogens is 316 g/mol. The van der Waals surface area contributed by atoms with Gasteiger partial charge in [0, 0.05) is 11.3 Å². The van der Waals surface area contributed by atoms with Crippen LogP contribution in [0.2, 0.25) is 0 Å². The maximum atomic E-state index is 12.5. The van der Waals surface area contributed by atoms with E-state index in [0.717, 1.165) is 16.7 Å². The molecule has 3 aromatic rings. The van der Waals surface area contributed by atoms with Crippen LogP contribution in [-0.4, -0.2) is 26.2 Å². The summed E-state index contributed by atoms with van der Waals surface area (Å²) >= 11 is 0. The molecule has 3 rings (SSSR count). The highest BCUT2D eigenvalue weighted by Crippen LogP contribution is 2.17. The number of aryl methyl sites for hydroxylation is 1. The fourth-order valence-electron chi connectivity index (χ4n) is 2.82. The van der Waals surface area contributed by atoms with Gasteiger partial charge in [0.25, 0.3) is 0 Å². The zero-order valence-electron chi connectivity index (χ0n) is 14.5. The third-order valence-corrected chi connectivity index (χ3v) is 4.24. The summed E-state index contributed by atoms with van der Waals surface area (Å²) in [5.41, 5.74) is 3.78. The van der Waals surface area contributed by atoms with Gasteiger partial charge in [-0.05, 0) is 45.0 Å². The lowest BCUT2D eigenvalue weighted by atomic mass is 10.1. The number of amides is 1. The lowest BCUT2D eigenvalue weighted by Gasteiger charge is -2.15. The first-order valence-corrected chi connectivity index (χ1v) is 8.14. The van der Waals surface area contributed by atoms with Crippen LogP contribution in [0.1, 0.15) is 41.6 Å². The summed E-state index contributed by atoms with van der Waals surface area (Å²) in [6, 6.07) is 10.8. The highest BCUT2D eigenvalue weighted by Gasteiger charge is 2.17. The molecule has 1 N–H and O–H groups in total. The van der Waals surface area contributed by atoms with Gasteiger partial charge in [-0.2, -0.15) is 0 Å². The van der Waals surface area contributed by atoms with Gasteiger partial charge in [-0.25, -0.2) is 4.98 Å². The number of carbonyl (C=O) groups is 2. The Labute approximate surface area is 145 Å². The molecule has 0 fully saturated rings. The second kappa shape index (κ2) is 6.84. The molecule has 0 aliphatic heterocycles. The number of Topliss-reactive ketones (excluding diaryl/α,β-unsaturated/α-hetero) is 1. The first-order chi connectivity index (χ1) is 12.0. The van der Waals surface area contributed by atoms with Crippen LogP contribution in [0.5, 0.6) is 0 Å². The first-order valence-electron chi connectivity index (χ1n) is 8.14. The molecule has 0 unspecified atom stereocenters. The molecule has 25 heavy (non-hydrogen) atoms. The average Bonchev–Trinajstić information content (AvgIpc) is 3.02. The van der Waals surface area contributed by atoms with E-state index in [9.17, 15) is 9.59 Å². The van der Waals surface area contributed by atoms with Crippen molar-refractivity contribution in [3.63, 3.8) is 0 Å². The number of pyridine rings is 1. The van der Waals surface area contributed by atoms with Crippen LogP contribution in [0.15, 0.2) is 42.7 Å². The van der Waals surface area contributed by atoms with Crippen molar-refractivity contribution in [2.24, 2.45) is 0 Å². The van der Waals surface area contributed by atoms with Gasteiger partial charge in [-0.1, -0.05) is 12.1 Å². The molecule has 1 atom stereocenters. The fraction of sp³-hybridized carbons (Fsp3) is 0.263. The third-order valence-electron chi connectivity index (χ3n) is 4.24. The van der Waals surface area contributed by atoms with E-state index in [0.29, 0.717) is 17.8 Å². The molecule has 0 spiro atoms. The Kier molecular flexibility index (Phi) is 4.61. The van der Waals surface area contributed by atoms with E-state index in [1.165, 1.54) is 6.92 Å². The Morgan fingerprint density at radius 2 is 1.96 bits per heavy atom. The quantitative estimate of drug-likeness (QED) is 0.727. The number of para-hydroxylation sites is 2. The predicted octanol–water partition coefficient (Wildman–Crippen LogP) is 2.82. The second-order valence-corrected chi connectivity index (χ2v) is 6.03.